The first-order chi connectivity index (χ1) is 18.2. The summed E-state index contributed by atoms with van der Waals surface area (Å²) in [6, 6.07) is 16.9. The molecular formula is C29H34N6O2. The molecule has 0 saturated carbocycles. The minimum Gasteiger partial charge on any atom is -0.461 e. The van der Waals surface area contributed by atoms with Crippen molar-refractivity contribution in [3.63, 3.8) is 0 Å². The normalized spacial score (nSPS) is 15.2. The fourth-order valence-corrected chi connectivity index (χ4v) is 4.69. The Labute approximate surface area is 217 Å². The number of H-pyrrole nitrogens is 2. The summed E-state index contributed by atoms with van der Waals surface area (Å²) in [5.74, 6) is 1.34. The molecular weight excluding hydrogens is 464 g/mol. The maximum absolute atomic E-state index is 12.6. The number of ether oxygens (including phenoxy) is 1. The number of nitrogens with zero attached hydrogens (tertiary/aromatic N) is 2. The Hall–Kier alpha value is -3.75. The van der Waals surface area contributed by atoms with E-state index >= 15 is 0 Å². The van der Waals surface area contributed by atoms with E-state index in [9.17, 15) is 4.79 Å². The zero-order valence-corrected chi connectivity index (χ0v) is 21.4. The standard InChI is InChI=1S/C29H34N6O2/c1-3-15-30-18-25-34-26(27(35-25)29(36)37-4-2)22-13-9-20(10-14-22)19-7-11-21(12-8-19)24-17-32-28(33-24)23-6-5-16-31-23/h7-14,17,23,30-31H,3-6,15-16,18H2,1-2H3,(H,32,33)(H,34,35)/t23-/m0/s1. The number of nitrogens with one attached hydrogen (secondary N) is 4. The highest BCUT2D eigenvalue weighted by Crippen LogP contribution is 2.29. The molecule has 1 fully saturated rings. The van der Waals surface area contributed by atoms with Gasteiger partial charge in [-0.25, -0.2) is 14.8 Å². The molecule has 0 unspecified atom stereocenters. The van der Waals surface area contributed by atoms with Gasteiger partial charge in [0.2, 0.25) is 0 Å². The lowest BCUT2D eigenvalue weighted by molar-refractivity contribution is 0.0521. The molecule has 3 heterocycles. The summed E-state index contributed by atoms with van der Waals surface area (Å²) in [4.78, 5) is 28.5. The highest BCUT2D eigenvalue weighted by atomic mass is 16.5. The summed E-state index contributed by atoms with van der Waals surface area (Å²) in [5.41, 5.74) is 6.21. The third-order valence-corrected chi connectivity index (χ3v) is 6.63. The van der Waals surface area contributed by atoms with Crippen molar-refractivity contribution in [3.05, 3.63) is 72.1 Å². The van der Waals surface area contributed by atoms with Gasteiger partial charge in [-0.05, 0) is 56.0 Å². The molecule has 1 aliphatic rings. The smallest absolute Gasteiger partial charge is 0.357 e. The average molecular weight is 499 g/mol. The molecule has 192 valence electrons. The minimum atomic E-state index is -0.392. The Morgan fingerprint density at radius 1 is 1.00 bits per heavy atom. The number of aromatic nitrogens is 4. The molecule has 1 aliphatic heterocycles. The molecule has 2 aromatic carbocycles. The first-order valence-electron chi connectivity index (χ1n) is 13.1. The first-order valence-corrected chi connectivity index (χ1v) is 13.1. The monoisotopic (exact) mass is 498 g/mol. The zero-order valence-electron chi connectivity index (χ0n) is 21.4. The van der Waals surface area contributed by atoms with E-state index in [0.717, 1.165) is 65.5 Å². The van der Waals surface area contributed by atoms with Gasteiger partial charge in [-0.3, -0.25) is 0 Å². The summed E-state index contributed by atoms with van der Waals surface area (Å²) in [7, 11) is 0. The summed E-state index contributed by atoms with van der Waals surface area (Å²) < 4.78 is 5.26. The molecule has 4 aromatic rings. The minimum absolute atomic E-state index is 0.312. The SMILES string of the molecule is CCCNCc1nc(-c2ccc(-c3ccc(-c4cnc([C@@H]5CCCN5)[nH]4)cc3)cc2)c(C(=O)OCC)[nH]1. The van der Waals surface area contributed by atoms with Crippen LogP contribution in [0.15, 0.2) is 54.7 Å². The Morgan fingerprint density at radius 3 is 2.35 bits per heavy atom. The van der Waals surface area contributed by atoms with E-state index < -0.39 is 5.97 Å². The Kier molecular flexibility index (Phi) is 7.77. The van der Waals surface area contributed by atoms with Gasteiger partial charge in [0.05, 0.1) is 31.1 Å². The molecule has 1 atom stereocenters. The number of carbonyl (C=O) groups excluding carboxylic acids is 1. The van der Waals surface area contributed by atoms with E-state index in [0.29, 0.717) is 30.6 Å². The van der Waals surface area contributed by atoms with Crippen molar-refractivity contribution in [3.8, 4) is 33.6 Å². The Balaban J connectivity index is 1.33. The van der Waals surface area contributed by atoms with Crippen LogP contribution in [0.2, 0.25) is 0 Å². The summed E-state index contributed by atoms with van der Waals surface area (Å²) in [6.45, 7) is 6.73. The maximum atomic E-state index is 12.6. The van der Waals surface area contributed by atoms with Gasteiger partial charge in [0.15, 0.2) is 5.69 Å². The van der Waals surface area contributed by atoms with E-state index in [1.807, 2.05) is 18.3 Å². The molecule has 2 aromatic heterocycles. The average Bonchev–Trinajstić information content (AvgIpc) is 3.70. The van der Waals surface area contributed by atoms with Crippen LogP contribution in [0, 0.1) is 0 Å². The Morgan fingerprint density at radius 2 is 1.70 bits per heavy atom. The number of imidazole rings is 2. The number of aromatic amines is 2. The van der Waals surface area contributed by atoms with Crippen LogP contribution in [0.1, 0.15) is 61.3 Å². The van der Waals surface area contributed by atoms with Crippen LogP contribution in [0.4, 0.5) is 0 Å². The number of benzene rings is 2. The molecule has 0 bridgehead atoms. The second kappa shape index (κ2) is 11.5. The molecule has 0 radical (unpaired) electrons. The second-order valence-corrected chi connectivity index (χ2v) is 9.29. The van der Waals surface area contributed by atoms with Gasteiger partial charge in [0.25, 0.3) is 0 Å². The Bertz CT molecular complexity index is 1320. The van der Waals surface area contributed by atoms with Crippen molar-refractivity contribution < 1.29 is 9.53 Å². The lowest BCUT2D eigenvalue weighted by atomic mass is 10.0. The fraction of sp³-hybridized carbons (Fsp3) is 0.345. The van der Waals surface area contributed by atoms with Crippen LogP contribution in [-0.2, 0) is 11.3 Å². The van der Waals surface area contributed by atoms with Gasteiger partial charge >= 0.3 is 5.97 Å². The van der Waals surface area contributed by atoms with Crippen molar-refractivity contribution in [2.75, 3.05) is 19.7 Å². The van der Waals surface area contributed by atoms with E-state index in [4.69, 9.17) is 9.72 Å². The third kappa shape index (κ3) is 5.65. The van der Waals surface area contributed by atoms with Crippen LogP contribution in [0.5, 0.6) is 0 Å². The van der Waals surface area contributed by atoms with Crippen molar-refractivity contribution in [2.24, 2.45) is 0 Å². The molecule has 37 heavy (non-hydrogen) atoms. The highest BCUT2D eigenvalue weighted by molar-refractivity contribution is 5.94. The summed E-state index contributed by atoms with van der Waals surface area (Å²) >= 11 is 0. The molecule has 5 rings (SSSR count). The number of rotatable bonds is 10. The number of carbonyl (C=O) groups is 1. The lowest BCUT2D eigenvalue weighted by Crippen LogP contribution is -2.15. The largest absolute Gasteiger partial charge is 0.461 e. The van der Waals surface area contributed by atoms with E-state index in [1.54, 1.807) is 6.92 Å². The second-order valence-electron chi connectivity index (χ2n) is 9.29. The maximum Gasteiger partial charge on any atom is 0.357 e. The quantitative estimate of drug-likeness (QED) is 0.176. The van der Waals surface area contributed by atoms with Crippen LogP contribution in [0.25, 0.3) is 33.6 Å². The van der Waals surface area contributed by atoms with Gasteiger partial charge in [-0.15, -0.1) is 0 Å². The first kappa shape index (κ1) is 24.9. The number of hydrogen-bond donors (Lipinski definition) is 4. The highest BCUT2D eigenvalue weighted by Gasteiger charge is 2.21. The van der Waals surface area contributed by atoms with Gasteiger partial charge in [-0.1, -0.05) is 55.5 Å². The topological polar surface area (TPSA) is 108 Å². The van der Waals surface area contributed by atoms with Crippen LogP contribution >= 0.6 is 0 Å². The fourth-order valence-electron chi connectivity index (χ4n) is 4.69. The van der Waals surface area contributed by atoms with E-state index in [2.05, 4.69) is 68.9 Å². The van der Waals surface area contributed by atoms with Gasteiger partial charge < -0.3 is 25.3 Å². The predicted octanol–water partition coefficient (Wildman–Crippen LogP) is 5.23. The van der Waals surface area contributed by atoms with Crippen LogP contribution in [-0.4, -0.2) is 45.6 Å². The molecule has 1 saturated heterocycles. The van der Waals surface area contributed by atoms with Crippen molar-refractivity contribution >= 4 is 5.97 Å². The van der Waals surface area contributed by atoms with Crippen molar-refractivity contribution in [2.45, 2.75) is 45.7 Å². The van der Waals surface area contributed by atoms with Gasteiger partial charge in [0.1, 0.15) is 17.3 Å². The number of hydrogen-bond acceptors (Lipinski definition) is 6. The van der Waals surface area contributed by atoms with E-state index in [1.165, 1.54) is 6.42 Å². The third-order valence-electron chi connectivity index (χ3n) is 6.63. The van der Waals surface area contributed by atoms with Crippen LogP contribution < -0.4 is 10.6 Å². The van der Waals surface area contributed by atoms with Crippen molar-refractivity contribution in [1.29, 1.82) is 0 Å². The molecule has 0 aliphatic carbocycles. The van der Waals surface area contributed by atoms with Crippen molar-refractivity contribution in [1.82, 2.24) is 30.6 Å². The lowest BCUT2D eigenvalue weighted by Gasteiger charge is -2.07. The molecule has 4 N–H and O–H groups in total. The molecule has 8 heteroatoms. The summed E-state index contributed by atoms with van der Waals surface area (Å²) in [6.07, 6.45) is 5.26. The molecule has 0 spiro atoms. The number of esters is 1. The van der Waals surface area contributed by atoms with Gasteiger partial charge in [0, 0.05) is 5.56 Å². The molecule has 0 amide bonds. The van der Waals surface area contributed by atoms with Gasteiger partial charge in [-0.2, -0.15) is 0 Å². The molecule has 8 nitrogen and oxygen atoms in total. The van der Waals surface area contributed by atoms with Crippen LogP contribution in [0.3, 0.4) is 0 Å². The predicted molar refractivity (Wildman–Crippen MR) is 145 cm³/mol. The van der Waals surface area contributed by atoms with E-state index in [-0.39, 0.29) is 0 Å². The zero-order chi connectivity index (χ0) is 25.6. The summed E-state index contributed by atoms with van der Waals surface area (Å²) in [5, 5.41) is 6.81.